The van der Waals surface area contributed by atoms with E-state index in [1.165, 1.54) is 18.4 Å². The predicted octanol–water partition coefficient (Wildman–Crippen LogP) is 3.49. The third kappa shape index (κ3) is 6.71. The number of rotatable bonds is 9. The number of ether oxygens (including phenoxy) is 2. The molecule has 5 nitrogen and oxygen atoms in total. The van der Waals surface area contributed by atoms with Crippen molar-refractivity contribution in [2.75, 3.05) is 6.61 Å². The Kier molecular flexibility index (Phi) is 9.25. The Labute approximate surface area is 248 Å². The van der Waals surface area contributed by atoms with Crippen LogP contribution in [-0.4, -0.2) is 18.4 Å². The third-order valence-electron chi connectivity index (χ3n) is 6.77. The summed E-state index contributed by atoms with van der Waals surface area (Å²) in [5.41, 5.74) is 3.48. The Morgan fingerprint density at radius 3 is 2.41 bits per heavy atom. The zero-order chi connectivity index (χ0) is 25.2. The number of carboxylic acid groups (broad SMARTS) is 1. The molecular weight excluding hydrogens is 522 g/mol. The van der Waals surface area contributed by atoms with Gasteiger partial charge >= 0.3 is 29.6 Å². The van der Waals surface area contributed by atoms with Gasteiger partial charge in [0.2, 0.25) is 0 Å². The Hall–Kier alpha value is -2.02. The maximum absolute atomic E-state index is 12.7. The molecule has 3 aromatic rings. The van der Waals surface area contributed by atoms with Crippen LogP contribution in [0.2, 0.25) is 10.0 Å². The molecule has 2 aliphatic rings. The minimum atomic E-state index is -1.15. The Morgan fingerprint density at radius 1 is 0.973 bits per heavy atom. The third-order valence-corrected chi connectivity index (χ3v) is 7.42. The Bertz CT molecular complexity index is 1300. The van der Waals surface area contributed by atoms with E-state index < -0.39 is 11.9 Å². The number of carboxylic acids is 1. The second kappa shape index (κ2) is 12.2. The molecule has 0 bridgehead atoms. The van der Waals surface area contributed by atoms with E-state index >= 15 is 0 Å². The minimum Gasteiger partial charge on any atom is -0.549 e. The van der Waals surface area contributed by atoms with Crippen LogP contribution in [0.15, 0.2) is 54.6 Å². The zero-order valence-electron chi connectivity index (χ0n) is 20.6. The molecule has 0 radical (unpaired) electrons. The van der Waals surface area contributed by atoms with Gasteiger partial charge < -0.3 is 19.4 Å². The van der Waals surface area contributed by atoms with Crippen LogP contribution in [0.4, 0.5) is 0 Å². The minimum absolute atomic E-state index is 0. The molecule has 1 atom stereocenters. The summed E-state index contributed by atoms with van der Waals surface area (Å²) < 4.78 is 11.5. The maximum Gasteiger partial charge on any atom is 1.00 e. The molecule has 1 saturated carbocycles. The van der Waals surface area contributed by atoms with Crippen molar-refractivity contribution in [2.24, 2.45) is 0 Å². The van der Waals surface area contributed by atoms with E-state index in [1.807, 2.05) is 0 Å². The summed E-state index contributed by atoms with van der Waals surface area (Å²) in [4.78, 5) is 24.1. The van der Waals surface area contributed by atoms with Crippen LogP contribution in [0.25, 0.3) is 0 Å². The van der Waals surface area contributed by atoms with Crippen molar-refractivity contribution in [3.63, 3.8) is 0 Å². The summed E-state index contributed by atoms with van der Waals surface area (Å²) in [6.07, 6.45) is 4.73. The first-order valence-electron chi connectivity index (χ1n) is 12.2. The van der Waals surface area contributed by atoms with Crippen LogP contribution < -0.4 is 44.1 Å². The van der Waals surface area contributed by atoms with E-state index in [1.54, 1.807) is 36.4 Å². The van der Waals surface area contributed by atoms with Crippen LogP contribution in [0, 0.1) is 0 Å². The quantitative estimate of drug-likeness (QED) is 0.303. The van der Waals surface area contributed by atoms with Crippen molar-refractivity contribution in [3.8, 4) is 17.2 Å². The molecule has 5 rings (SSSR count). The van der Waals surface area contributed by atoms with Crippen molar-refractivity contribution in [2.45, 2.75) is 50.4 Å². The summed E-state index contributed by atoms with van der Waals surface area (Å²) in [5, 5.41) is 12.5. The first kappa shape index (κ1) is 28.0. The van der Waals surface area contributed by atoms with Crippen molar-refractivity contribution in [1.29, 1.82) is 0 Å². The smallest absolute Gasteiger partial charge is 0.549 e. The number of carbonyl (C=O) groups is 2. The van der Waals surface area contributed by atoms with Crippen molar-refractivity contribution < 1.29 is 53.7 Å². The number of hydrogen-bond donors (Lipinski definition) is 0. The SMILES string of the molecule is O=C(CCCc1ccc(C2CC2)cc1Cl)c1ccc(Oc2cc3c(cc2Cl)C(C(=O)[O-])CCO3)cc1.[Na+]. The van der Waals surface area contributed by atoms with E-state index in [0.29, 0.717) is 47.1 Å². The van der Waals surface area contributed by atoms with Gasteiger partial charge in [-0.1, -0.05) is 35.3 Å². The summed E-state index contributed by atoms with van der Waals surface area (Å²) in [7, 11) is 0. The molecule has 0 saturated heterocycles. The zero-order valence-corrected chi connectivity index (χ0v) is 24.1. The van der Waals surface area contributed by atoms with Crippen LogP contribution in [0.5, 0.6) is 17.2 Å². The van der Waals surface area contributed by atoms with Crippen molar-refractivity contribution in [1.82, 2.24) is 0 Å². The first-order chi connectivity index (χ1) is 17.4. The standard InChI is InChI=1S/C29H26Cl2O5.Na/c30-24-14-20(17-4-5-17)7-6-18(24)2-1-3-26(32)19-8-10-21(11-9-19)36-28-16-27-23(15-25(28)31)22(29(33)34)12-13-35-27;/h6-11,14-17,22H,1-5,12-13H2,(H,33,34);/q;+1/p-1. The van der Waals surface area contributed by atoms with Gasteiger partial charge in [0.15, 0.2) is 5.78 Å². The molecule has 186 valence electrons. The normalized spacial score (nSPS) is 16.2. The van der Waals surface area contributed by atoms with Gasteiger partial charge in [0.25, 0.3) is 0 Å². The maximum atomic E-state index is 12.7. The molecule has 1 unspecified atom stereocenters. The van der Waals surface area contributed by atoms with Gasteiger partial charge in [0.1, 0.15) is 17.2 Å². The molecule has 1 aliphatic carbocycles. The molecule has 1 fully saturated rings. The second-order valence-electron chi connectivity index (χ2n) is 9.36. The molecule has 8 heteroatoms. The molecule has 0 aromatic heterocycles. The van der Waals surface area contributed by atoms with Crippen LogP contribution in [0.3, 0.4) is 0 Å². The number of fused-ring (bicyclic) bond motifs is 1. The number of benzene rings is 3. The van der Waals surface area contributed by atoms with E-state index in [2.05, 4.69) is 18.2 Å². The van der Waals surface area contributed by atoms with Gasteiger partial charge in [-0.3, -0.25) is 4.79 Å². The molecule has 0 amide bonds. The van der Waals surface area contributed by atoms with Gasteiger partial charge in [-0.05, 0) is 85.5 Å². The number of halogens is 2. The van der Waals surface area contributed by atoms with E-state index in [9.17, 15) is 14.7 Å². The first-order valence-corrected chi connectivity index (χ1v) is 12.9. The summed E-state index contributed by atoms with van der Waals surface area (Å²) in [6, 6.07) is 16.3. The molecule has 1 heterocycles. The number of carbonyl (C=O) groups excluding carboxylic acids is 2. The fraction of sp³-hybridized carbons (Fsp3) is 0.310. The monoisotopic (exact) mass is 546 g/mol. The van der Waals surface area contributed by atoms with Crippen LogP contribution in [-0.2, 0) is 11.2 Å². The van der Waals surface area contributed by atoms with Gasteiger partial charge in [0, 0.05) is 40.5 Å². The van der Waals surface area contributed by atoms with Crippen molar-refractivity contribution >= 4 is 35.0 Å². The number of ketones is 1. The van der Waals surface area contributed by atoms with E-state index in [0.717, 1.165) is 23.4 Å². The van der Waals surface area contributed by atoms with Crippen LogP contribution in [0.1, 0.15) is 71.0 Å². The van der Waals surface area contributed by atoms with Gasteiger partial charge in [-0.15, -0.1) is 0 Å². The summed E-state index contributed by atoms with van der Waals surface area (Å²) >= 11 is 12.8. The number of aliphatic carboxylic acids is 1. The molecule has 0 N–H and O–H groups in total. The van der Waals surface area contributed by atoms with Gasteiger partial charge in [-0.25, -0.2) is 0 Å². The fourth-order valence-electron chi connectivity index (χ4n) is 4.57. The van der Waals surface area contributed by atoms with Gasteiger partial charge in [-0.2, -0.15) is 0 Å². The molecule has 1 aliphatic heterocycles. The van der Waals surface area contributed by atoms with E-state index in [-0.39, 0.29) is 47.0 Å². The Morgan fingerprint density at radius 2 is 1.73 bits per heavy atom. The average Bonchev–Trinajstić information content (AvgIpc) is 3.71. The number of aryl methyl sites for hydroxylation is 1. The predicted molar refractivity (Wildman–Crippen MR) is 137 cm³/mol. The number of hydrogen-bond acceptors (Lipinski definition) is 5. The molecule has 0 spiro atoms. The number of Topliss-reactive ketones (excluding diaryl/α,β-unsaturated/α-hetero) is 1. The van der Waals surface area contributed by atoms with Crippen molar-refractivity contribution in [3.05, 3.63) is 86.9 Å². The molecule has 37 heavy (non-hydrogen) atoms. The van der Waals surface area contributed by atoms with Gasteiger partial charge in [0.05, 0.1) is 11.6 Å². The molecular formula is C29H25Cl2NaO5. The van der Waals surface area contributed by atoms with E-state index in [4.69, 9.17) is 32.7 Å². The second-order valence-corrected chi connectivity index (χ2v) is 10.2. The Balaban J connectivity index is 0.00000320. The topological polar surface area (TPSA) is 75.7 Å². The summed E-state index contributed by atoms with van der Waals surface area (Å²) in [5.74, 6) is 0.0809. The molecule has 3 aromatic carbocycles. The summed E-state index contributed by atoms with van der Waals surface area (Å²) in [6.45, 7) is 0.279. The average molecular weight is 547 g/mol. The fourth-order valence-corrected chi connectivity index (χ4v) is 5.06. The largest absolute Gasteiger partial charge is 1.00 e. The van der Waals surface area contributed by atoms with Crippen LogP contribution >= 0.6 is 23.2 Å².